The van der Waals surface area contributed by atoms with Gasteiger partial charge in [0.15, 0.2) is 30.4 Å². The second-order valence-corrected chi connectivity index (χ2v) is 14.2. The van der Waals surface area contributed by atoms with Gasteiger partial charge in [-0.1, -0.05) is 32.1 Å². The molecule has 0 aromatic carbocycles. The molecule has 8 rings (SSSR count). The van der Waals surface area contributed by atoms with Crippen LogP contribution in [0.5, 0.6) is 0 Å². The van der Waals surface area contributed by atoms with Crippen LogP contribution in [-0.4, -0.2) is 111 Å². The van der Waals surface area contributed by atoms with E-state index in [1.165, 1.54) is 12.8 Å². The molecule has 1 N–H and O–H groups in total. The standard InChI is InChI=1S/C32H50O12/c1-34-19-36-23-21(33)27(39-28-25(23)41-30(18-35-28)11-5-2-6-12-30)40-29-26-24(43-32(44-26)15-9-4-10-16-32)22-20(38-29)17-37-31(42-22)13-7-3-8-14-31/h20-29,33H,2-19H2,1H3/t20?,21-,22-,23?,24+,25+,26?,27-,28?,29-/m1/s1. The van der Waals surface area contributed by atoms with Crippen molar-refractivity contribution < 1.29 is 57.2 Å². The van der Waals surface area contributed by atoms with E-state index in [2.05, 4.69) is 0 Å². The second kappa shape index (κ2) is 12.5. The van der Waals surface area contributed by atoms with E-state index in [4.69, 9.17) is 52.1 Å². The van der Waals surface area contributed by atoms with Crippen molar-refractivity contribution in [2.24, 2.45) is 0 Å². The molecule has 12 heteroatoms. The molecule has 5 saturated heterocycles. The van der Waals surface area contributed by atoms with Gasteiger partial charge >= 0.3 is 0 Å². The van der Waals surface area contributed by atoms with Crippen molar-refractivity contribution >= 4 is 0 Å². The predicted octanol–water partition coefficient (Wildman–Crippen LogP) is 3.40. The number of fused-ring (bicyclic) bond motifs is 4. The Kier molecular flexibility index (Phi) is 8.77. The van der Waals surface area contributed by atoms with Crippen LogP contribution in [0.1, 0.15) is 96.3 Å². The first kappa shape index (κ1) is 30.8. The molecule has 8 fully saturated rings. The zero-order valence-electron chi connectivity index (χ0n) is 25.9. The number of hydrogen-bond donors (Lipinski definition) is 1. The summed E-state index contributed by atoms with van der Waals surface area (Å²) >= 11 is 0. The third-order valence-electron chi connectivity index (χ3n) is 11.2. The van der Waals surface area contributed by atoms with Crippen LogP contribution >= 0.6 is 0 Å². The van der Waals surface area contributed by atoms with E-state index in [-0.39, 0.29) is 18.5 Å². The van der Waals surface area contributed by atoms with E-state index in [9.17, 15) is 5.11 Å². The van der Waals surface area contributed by atoms with Gasteiger partial charge in [0, 0.05) is 32.8 Å². The minimum absolute atomic E-state index is 0.0156. The van der Waals surface area contributed by atoms with Gasteiger partial charge in [-0.2, -0.15) is 0 Å². The zero-order valence-corrected chi connectivity index (χ0v) is 25.9. The number of methoxy groups -OCH3 is 1. The summed E-state index contributed by atoms with van der Waals surface area (Å²) in [4.78, 5) is 0. The highest BCUT2D eigenvalue weighted by Gasteiger charge is 2.63. The van der Waals surface area contributed by atoms with Gasteiger partial charge in [-0.3, -0.25) is 0 Å². The third-order valence-corrected chi connectivity index (χ3v) is 11.2. The Morgan fingerprint density at radius 1 is 0.682 bits per heavy atom. The van der Waals surface area contributed by atoms with Crippen LogP contribution in [0.2, 0.25) is 0 Å². The number of ether oxygens (including phenoxy) is 11. The van der Waals surface area contributed by atoms with E-state index in [0.717, 1.165) is 83.5 Å². The van der Waals surface area contributed by atoms with Gasteiger partial charge in [0.05, 0.1) is 18.8 Å². The Morgan fingerprint density at radius 2 is 1.34 bits per heavy atom. The highest BCUT2D eigenvalue weighted by Crippen LogP contribution is 2.50. The first-order valence-electron chi connectivity index (χ1n) is 17.2. The van der Waals surface area contributed by atoms with Crippen LogP contribution in [-0.2, 0) is 52.1 Å². The van der Waals surface area contributed by atoms with Crippen molar-refractivity contribution in [2.75, 3.05) is 27.1 Å². The monoisotopic (exact) mass is 626 g/mol. The molecule has 0 aromatic rings. The lowest BCUT2D eigenvalue weighted by Crippen LogP contribution is -2.68. The quantitative estimate of drug-likeness (QED) is 0.450. The molecule has 0 amide bonds. The van der Waals surface area contributed by atoms with Crippen molar-refractivity contribution in [3.8, 4) is 0 Å². The lowest BCUT2D eigenvalue weighted by molar-refractivity contribution is -0.438. The molecule has 3 spiro atoms. The van der Waals surface area contributed by atoms with Crippen LogP contribution in [0, 0.1) is 0 Å². The molecule has 5 aliphatic heterocycles. The molecule has 8 aliphatic rings. The van der Waals surface area contributed by atoms with Crippen LogP contribution in [0.25, 0.3) is 0 Å². The number of aliphatic hydroxyl groups excluding tert-OH is 1. The summed E-state index contributed by atoms with van der Waals surface area (Å²) in [6.07, 6.45) is 8.07. The van der Waals surface area contributed by atoms with E-state index in [0.29, 0.717) is 13.2 Å². The van der Waals surface area contributed by atoms with E-state index < -0.39 is 67.1 Å². The maximum Gasteiger partial charge on any atom is 0.192 e. The van der Waals surface area contributed by atoms with E-state index in [1.807, 2.05) is 0 Å². The Bertz CT molecular complexity index is 978. The maximum absolute atomic E-state index is 11.6. The topological polar surface area (TPSA) is 122 Å². The molecule has 250 valence electrons. The number of rotatable bonds is 5. The summed E-state index contributed by atoms with van der Waals surface area (Å²) in [5, 5.41) is 11.6. The van der Waals surface area contributed by atoms with Crippen LogP contribution < -0.4 is 0 Å². The van der Waals surface area contributed by atoms with Crippen molar-refractivity contribution in [2.45, 2.75) is 175 Å². The molecule has 44 heavy (non-hydrogen) atoms. The SMILES string of the molecule is COCOC1[C@@H]2OC3(CCCCC3)COC2O[C@H](O[C@H]2OC3COC4(CCCCC4)O[C@H]3[C@@H]3OC4(CCCCC4)OC23)[C@@H]1O. The average molecular weight is 627 g/mol. The van der Waals surface area contributed by atoms with Gasteiger partial charge in [-0.25, -0.2) is 0 Å². The van der Waals surface area contributed by atoms with E-state index in [1.54, 1.807) is 7.11 Å². The molecule has 0 aromatic heterocycles. The Balaban J connectivity index is 1.02. The summed E-state index contributed by atoms with van der Waals surface area (Å²) in [5.41, 5.74) is -0.389. The van der Waals surface area contributed by atoms with Crippen LogP contribution in [0.15, 0.2) is 0 Å². The van der Waals surface area contributed by atoms with Gasteiger partial charge in [-0.15, -0.1) is 0 Å². The molecule has 0 radical (unpaired) electrons. The maximum atomic E-state index is 11.6. The van der Waals surface area contributed by atoms with Gasteiger partial charge in [0.2, 0.25) is 0 Å². The van der Waals surface area contributed by atoms with E-state index >= 15 is 0 Å². The largest absolute Gasteiger partial charge is 0.385 e. The molecule has 12 nitrogen and oxygen atoms in total. The number of hydrogen-bond acceptors (Lipinski definition) is 12. The summed E-state index contributed by atoms with van der Waals surface area (Å²) < 4.78 is 70.2. The Morgan fingerprint density at radius 3 is 2.07 bits per heavy atom. The summed E-state index contributed by atoms with van der Waals surface area (Å²) in [7, 11) is 1.55. The van der Waals surface area contributed by atoms with Gasteiger partial charge in [0.25, 0.3) is 0 Å². The molecule has 5 heterocycles. The molecule has 3 aliphatic carbocycles. The van der Waals surface area contributed by atoms with Crippen molar-refractivity contribution in [3.63, 3.8) is 0 Å². The minimum Gasteiger partial charge on any atom is -0.385 e. The Hall–Kier alpha value is -0.480. The lowest BCUT2D eigenvalue weighted by atomic mass is 9.84. The van der Waals surface area contributed by atoms with Crippen molar-refractivity contribution in [1.82, 2.24) is 0 Å². The van der Waals surface area contributed by atoms with Crippen molar-refractivity contribution in [3.05, 3.63) is 0 Å². The van der Waals surface area contributed by atoms with Gasteiger partial charge in [-0.05, 0) is 38.5 Å². The first-order valence-corrected chi connectivity index (χ1v) is 17.2. The smallest absolute Gasteiger partial charge is 0.192 e. The predicted molar refractivity (Wildman–Crippen MR) is 150 cm³/mol. The lowest BCUT2D eigenvalue weighted by Gasteiger charge is -2.53. The molecular formula is C32H50O12. The fourth-order valence-corrected chi connectivity index (χ4v) is 8.89. The normalized spacial score (nSPS) is 46.0. The minimum atomic E-state index is -1.19. The summed E-state index contributed by atoms with van der Waals surface area (Å²) in [6, 6.07) is 0. The fraction of sp³-hybridized carbons (Fsp3) is 1.00. The zero-order chi connectivity index (χ0) is 29.8. The number of aliphatic hydroxyl groups is 1. The summed E-state index contributed by atoms with van der Waals surface area (Å²) in [5.74, 6) is -1.28. The first-order chi connectivity index (χ1) is 21.5. The molecular weight excluding hydrogens is 576 g/mol. The third kappa shape index (κ3) is 5.68. The molecule has 10 atom stereocenters. The highest BCUT2D eigenvalue weighted by molar-refractivity contribution is 5.03. The van der Waals surface area contributed by atoms with Gasteiger partial charge in [0.1, 0.15) is 49.5 Å². The average Bonchev–Trinajstić information content (AvgIpc) is 3.42. The fourth-order valence-electron chi connectivity index (χ4n) is 8.89. The Labute approximate surface area is 259 Å². The van der Waals surface area contributed by atoms with Crippen molar-refractivity contribution in [1.29, 1.82) is 0 Å². The highest BCUT2D eigenvalue weighted by atomic mass is 16.9. The molecule has 4 unspecified atom stereocenters. The second-order valence-electron chi connectivity index (χ2n) is 14.2. The van der Waals surface area contributed by atoms with Gasteiger partial charge < -0.3 is 57.2 Å². The summed E-state index contributed by atoms with van der Waals surface area (Å²) in [6.45, 7) is 0.790. The molecule has 3 saturated carbocycles. The molecule has 0 bridgehead atoms. The van der Waals surface area contributed by atoms with Crippen LogP contribution in [0.3, 0.4) is 0 Å². The van der Waals surface area contributed by atoms with Crippen LogP contribution in [0.4, 0.5) is 0 Å².